The summed E-state index contributed by atoms with van der Waals surface area (Å²) in [4.78, 5) is 14.3. The highest BCUT2D eigenvalue weighted by Gasteiger charge is 2.38. The van der Waals surface area contributed by atoms with Gasteiger partial charge in [-0.15, -0.1) is 6.58 Å². The maximum atomic E-state index is 12.3. The second-order valence-corrected chi connectivity index (χ2v) is 7.24. The van der Waals surface area contributed by atoms with Gasteiger partial charge in [0.25, 0.3) is 0 Å². The highest BCUT2D eigenvalue weighted by Crippen LogP contribution is 2.43. The van der Waals surface area contributed by atoms with E-state index in [2.05, 4.69) is 11.3 Å². The van der Waals surface area contributed by atoms with Gasteiger partial charge in [-0.1, -0.05) is 6.08 Å². The van der Waals surface area contributed by atoms with Crippen molar-refractivity contribution in [2.75, 3.05) is 18.0 Å². The quantitative estimate of drug-likeness (QED) is 0.858. The first-order valence-electron chi connectivity index (χ1n) is 7.04. The van der Waals surface area contributed by atoms with Crippen LogP contribution in [0.3, 0.4) is 0 Å². The van der Waals surface area contributed by atoms with Crippen molar-refractivity contribution in [3.8, 4) is 0 Å². The smallest absolute Gasteiger partial charge is 0.240 e. The topological polar surface area (TPSA) is 66.5 Å². The molecule has 0 saturated carbocycles. The van der Waals surface area contributed by atoms with Crippen LogP contribution in [-0.4, -0.2) is 27.4 Å². The van der Waals surface area contributed by atoms with Gasteiger partial charge in [0.2, 0.25) is 15.9 Å². The average molecular weight is 306 g/mol. The Kier molecular flexibility index (Phi) is 3.37. The molecular weight excluding hydrogens is 288 g/mol. The molecule has 2 aliphatic heterocycles. The molecule has 2 aliphatic rings. The van der Waals surface area contributed by atoms with Crippen molar-refractivity contribution in [3.05, 3.63) is 35.9 Å². The van der Waals surface area contributed by atoms with Crippen LogP contribution in [-0.2, 0) is 21.2 Å². The number of carbonyl (C=O) groups is 1. The van der Waals surface area contributed by atoms with E-state index in [-0.39, 0.29) is 23.3 Å². The van der Waals surface area contributed by atoms with Crippen LogP contribution < -0.4 is 9.62 Å². The van der Waals surface area contributed by atoms with Crippen LogP contribution in [0.25, 0.3) is 0 Å². The van der Waals surface area contributed by atoms with Gasteiger partial charge in [-0.25, -0.2) is 13.1 Å². The molecule has 3 rings (SSSR count). The third-order valence-corrected chi connectivity index (χ3v) is 5.52. The molecule has 1 atom stereocenters. The molecule has 1 N–H and O–H groups in total. The molecule has 2 heterocycles. The molecular formula is C15H18N2O3S. The number of aryl methyl sites for hydroxylation is 1. The first kappa shape index (κ1) is 14.3. The van der Waals surface area contributed by atoms with Crippen LogP contribution in [0, 0.1) is 0 Å². The van der Waals surface area contributed by atoms with Crippen LogP contribution in [0.4, 0.5) is 5.69 Å². The van der Waals surface area contributed by atoms with Crippen molar-refractivity contribution >= 4 is 21.6 Å². The van der Waals surface area contributed by atoms with E-state index in [1.54, 1.807) is 17.0 Å². The molecule has 0 spiro atoms. The number of nitrogens with zero attached hydrogens (tertiary/aromatic N) is 1. The highest BCUT2D eigenvalue weighted by molar-refractivity contribution is 7.89. The Labute approximate surface area is 124 Å². The van der Waals surface area contributed by atoms with E-state index in [4.69, 9.17) is 0 Å². The average Bonchev–Trinajstić information content (AvgIpc) is 2.72. The Morgan fingerprint density at radius 2 is 2.24 bits per heavy atom. The number of amides is 1. The summed E-state index contributed by atoms with van der Waals surface area (Å²) < 4.78 is 27.1. The van der Waals surface area contributed by atoms with Gasteiger partial charge in [0.1, 0.15) is 0 Å². The van der Waals surface area contributed by atoms with Gasteiger partial charge >= 0.3 is 0 Å². The summed E-state index contributed by atoms with van der Waals surface area (Å²) in [6, 6.07) is 3.33. The van der Waals surface area contributed by atoms with E-state index in [0.29, 0.717) is 0 Å². The first-order valence-corrected chi connectivity index (χ1v) is 8.53. The lowest BCUT2D eigenvalue weighted by atomic mass is 9.97. The first-order chi connectivity index (χ1) is 9.95. The van der Waals surface area contributed by atoms with Gasteiger partial charge < -0.3 is 4.90 Å². The molecule has 1 aromatic rings. The largest absolute Gasteiger partial charge is 0.311 e. The zero-order valence-electron chi connectivity index (χ0n) is 11.9. The Hall–Kier alpha value is -1.66. The van der Waals surface area contributed by atoms with Crippen LogP contribution in [0.1, 0.15) is 30.4 Å². The van der Waals surface area contributed by atoms with Crippen molar-refractivity contribution in [3.63, 3.8) is 0 Å². The molecule has 0 aromatic heterocycles. The number of sulfonamides is 1. The van der Waals surface area contributed by atoms with Crippen molar-refractivity contribution < 1.29 is 13.2 Å². The molecule has 0 saturated heterocycles. The fourth-order valence-electron chi connectivity index (χ4n) is 3.07. The van der Waals surface area contributed by atoms with E-state index in [9.17, 15) is 13.2 Å². The van der Waals surface area contributed by atoms with E-state index in [1.165, 1.54) is 6.08 Å². The van der Waals surface area contributed by atoms with Gasteiger partial charge in [-0.3, -0.25) is 4.79 Å². The van der Waals surface area contributed by atoms with E-state index in [0.717, 1.165) is 36.2 Å². The van der Waals surface area contributed by atoms with Crippen molar-refractivity contribution in [2.45, 2.75) is 30.6 Å². The molecule has 0 fully saturated rings. The number of anilines is 1. The minimum atomic E-state index is -3.56. The zero-order chi connectivity index (χ0) is 15.2. The second-order valence-electron chi connectivity index (χ2n) is 5.48. The monoisotopic (exact) mass is 306 g/mol. The molecule has 5 nitrogen and oxygen atoms in total. The van der Waals surface area contributed by atoms with Gasteiger partial charge in [0, 0.05) is 13.1 Å². The van der Waals surface area contributed by atoms with Crippen LogP contribution >= 0.6 is 0 Å². The zero-order valence-corrected chi connectivity index (χ0v) is 12.7. The SMILES string of the molecule is C=CCNS(=O)(=O)c1cc2c3c(c1)C(C)C(=O)N3CCC2. The predicted octanol–water partition coefficient (Wildman–Crippen LogP) is 1.55. The lowest BCUT2D eigenvalue weighted by Crippen LogP contribution is -2.32. The van der Waals surface area contributed by atoms with Gasteiger partial charge in [0.15, 0.2) is 0 Å². The molecule has 1 aromatic carbocycles. The number of hydrogen-bond acceptors (Lipinski definition) is 3. The standard InChI is InChI=1S/C15H18N2O3S/c1-3-6-16-21(19,20)12-8-11-5-4-7-17-14(11)13(9-12)10(2)15(17)18/h3,8-10,16H,1,4-7H2,2H3. The van der Waals surface area contributed by atoms with Crippen molar-refractivity contribution in [1.82, 2.24) is 4.72 Å². The van der Waals surface area contributed by atoms with Crippen molar-refractivity contribution in [2.24, 2.45) is 0 Å². The van der Waals surface area contributed by atoms with Gasteiger partial charge in [-0.05, 0) is 43.0 Å². The maximum Gasteiger partial charge on any atom is 0.240 e. The number of nitrogens with one attached hydrogen (secondary N) is 1. The van der Waals surface area contributed by atoms with Crippen LogP contribution in [0.2, 0.25) is 0 Å². The summed E-state index contributed by atoms with van der Waals surface area (Å²) in [6.45, 7) is 6.26. The Bertz CT molecular complexity index is 725. The van der Waals surface area contributed by atoms with E-state index >= 15 is 0 Å². The summed E-state index contributed by atoms with van der Waals surface area (Å²) in [7, 11) is -3.56. The third kappa shape index (κ3) is 2.18. The van der Waals surface area contributed by atoms with Gasteiger partial charge in [-0.2, -0.15) is 0 Å². The fraction of sp³-hybridized carbons (Fsp3) is 0.400. The minimum absolute atomic E-state index is 0.0690. The molecule has 6 heteroatoms. The Morgan fingerprint density at radius 3 is 2.95 bits per heavy atom. The Balaban J connectivity index is 2.12. The summed E-state index contributed by atoms with van der Waals surface area (Å²) in [5.41, 5.74) is 2.72. The number of benzene rings is 1. The number of carbonyl (C=O) groups excluding carboxylic acids is 1. The number of hydrogen-bond donors (Lipinski definition) is 1. The summed E-state index contributed by atoms with van der Waals surface area (Å²) in [5, 5.41) is 0. The van der Waals surface area contributed by atoms with Gasteiger partial charge in [0.05, 0.1) is 16.5 Å². The minimum Gasteiger partial charge on any atom is -0.311 e. The lowest BCUT2D eigenvalue weighted by Gasteiger charge is -2.25. The third-order valence-electron chi connectivity index (χ3n) is 4.12. The van der Waals surface area contributed by atoms with E-state index in [1.807, 2.05) is 6.92 Å². The highest BCUT2D eigenvalue weighted by atomic mass is 32.2. The summed E-state index contributed by atoms with van der Waals surface area (Å²) >= 11 is 0. The lowest BCUT2D eigenvalue weighted by molar-refractivity contribution is -0.119. The molecule has 112 valence electrons. The molecule has 1 amide bonds. The molecule has 21 heavy (non-hydrogen) atoms. The molecule has 0 aliphatic carbocycles. The maximum absolute atomic E-state index is 12.3. The summed E-state index contributed by atoms with van der Waals surface area (Å²) in [6.07, 6.45) is 3.18. The van der Waals surface area contributed by atoms with Crippen molar-refractivity contribution in [1.29, 1.82) is 0 Å². The molecule has 0 bridgehead atoms. The predicted molar refractivity (Wildman–Crippen MR) is 80.9 cm³/mol. The fourth-order valence-corrected chi connectivity index (χ4v) is 4.16. The molecule has 1 unspecified atom stereocenters. The number of rotatable bonds is 4. The molecule has 0 radical (unpaired) electrons. The second kappa shape index (κ2) is 4.96. The van der Waals surface area contributed by atoms with Crippen LogP contribution in [0.5, 0.6) is 0 Å². The summed E-state index contributed by atoms with van der Waals surface area (Å²) in [5.74, 6) is -0.203. The Morgan fingerprint density at radius 1 is 1.48 bits per heavy atom. The van der Waals surface area contributed by atoms with E-state index < -0.39 is 10.0 Å². The normalized spacial score (nSPS) is 20.5. The van der Waals surface area contributed by atoms with Crippen LogP contribution in [0.15, 0.2) is 29.7 Å².